The van der Waals surface area contributed by atoms with Crippen LogP contribution in [0.25, 0.3) is 0 Å². The number of piperidine rings is 1. The molecule has 1 aromatic rings. The second-order valence-electron chi connectivity index (χ2n) is 4.44. The molecule has 0 radical (unpaired) electrons. The number of nitro benzene ring substituents is 1. The molecule has 1 heterocycles. The van der Waals surface area contributed by atoms with E-state index in [0.29, 0.717) is 6.54 Å². The lowest BCUT2D eigenvalue weighted by atomic mass is 10.1. The van der Waals surface area contributed by atoms with Crippen molar-refractivity contribution in [1.82, 2.24) is 10.6 Å². The van der Waals surface area contributed by atoms with Crippen molar-refractivity contribution in [3.05, 3.63) is 38.9 Å². The molecule has 1 fully saturated rings. The van der Waals surface area contributed by atoms with Crippen molar-refractivity contribution in [2.45, 2.75) is 18.9 Å². The molecule has 7 heteroatoms. The van der Waals surface area contributed by atoms with Crippen LogP contribution in [0.2, 0.25) is 5.02 Å². The van der Waals surface area contributed by atoms with Crippen LogP contribution < -0.4 is 10.6 Å². The average molecular weight is 284 g/mol. The second-order valence-corrected chi connectivity index (χ2v) is 4.87. The summed E-state index contributed by atoms with van der Waals surface area (Å²) in [5, 5.41) is 17.1. The Labute approximate surface area is 115 Å². The largest absolute Gasteiger partial charge is 0.348 e. The molecule has 0 aromatic heterocycles. The highest BCUT2D eigenvalue weighted by Crippen LogP contribution is 2.23. The summed E-state index contributed by atoms with van der Waals surface area (Å²) in [5.74, 6) is -0.433. The summed E-state index contributed by atoms with van der Waals surface area (Å²) >= 11 is 5.71. The van der Waals surface area contributed by atoms with Gasteiger partial charge >= 0.3 is 0 Å². The lowest BCUT2D eigenvalue weighted by Crippen LogP contribution is -2.45. The van der Waals surface area contributed by atoms with E-state index in [1.807, 2.05) is 0 Å². The first-order chi connectivity index (χ1) is 9.08. The zero-order chi connectivity index (χ0) is 13.8. The maximum atomic E-state index is 12.1. The minimum atomic E-state index is -0.597. The number of nitrogens with one attached hydrogen (secondary N) is 2. The molecule has 0 aliphatic carbocycles. The average Bonchev–Trinajstić information content (AvgIpc) is 2.39. The zero-order valence-corrected chi connectivity index (χ0v) is 10.9. The number of benzene rings is 1. The summed E-state index contributed by atoms with van der Waals surface area (Å²) < 4.78 is 0. The van der Waals surface area contributed by atoms with Gasteiger partial charge in [-0.3, -0.25) is 14.9 Å². The normalized spacial score (nSPS) is 18.9. The molecule has 1 aliphatic heterocycles. The molecular formula is C12H14ClN3O3. The minimum Gasteiger partial charge on any atom is -0.348 e. The fraction of sp³-hybridized carbons (Fsp3) is 0.417. The summed E-state index contributed by atoms with van der Waals surface area (Å²) in [5.41, 5.74) is -0.228. The monoisotopic (exact) mass is 283 g/mol. The van der Waals surface area contributed by atoms with E-state index in [1.165, 1.54) is 18.2 Å². The molecule has 1 amide bonds. The minimum absolute atomic E-state index is 0.0107. The maximum absolute atomic E-state index is 12.1. The van der Waals surface area contributed by atoms with Gasteiger partial charge in [0.15, 0.2) is 0 Å². The fourth-order valence-corrected chi connectivity index (χ4v) is 2.25. The SMILES string of the molecule is O=C(N[C@@H]1CCCNC1)c1ccc(Cl)cc1[N+](=O)[O-]. The van der Waals surface area contributed by atoms with E-state index >= 15 is 0 Å². The Bertz CT molecular complexity index is 501. The summed E-state index contributed by atoms with van der Waals surface area (Å²) in [7, 11) is 0. The van der Waals surface area contributed by atoms with E-state index in [0.717, 1.165) is 19.4 Å². The molecule has 1 saturated heterocycles. The Morgan fingerprint density at radius 1 is 1.53 bits per heavy atom. The molecule has 19 heavy (non-hydrogen) atoms. The van der Waals surface area contributed by atoms with Crippen molar-refractivity contribution in [1.29, 1.82) is 0 Å². The number of nitro groups is 1. The second kappa shape index (κ2) is 5.99. The summed E-state index contributed by atoms with van der Waals surface area (Å²) in [6.45, 7) is 1.63. The molecule has 2 N–H and O–H groups in total. The number of nitrogens with zero attached hydrogens (tertiary/aromatic N) is 1. The van der Waals surface area contributed by atoms with Crippen LogP contribution in [0.4, 0.5) is 5.69 Å². The van der Waals surface area contributed by atoms with Crippen molar-refractivity contribution < 1.29 is 9.72 Å². The number of hydrogen-bond donors (Lipinski definition) is 2. The van der Waals surface area contributed by atoms with Gasteiger partial charge in [-0.25, -0.2) is 0 Å². The van der Waals surface area contributed by atoms with E-state index < -0.39 is 10.8 Å². The van der Waals surface area contributed by atoms with Gasteiger partial charge in [-0.2, -0.15) is 0 Å². The van der Waals surface area contributed by atoms with Gasteiger partial charge in [0.05, 0.1) is 4.92 Å². The fourth-order valence-electron chi connectivity index (χ4n) is 2.09. The van der Waals surface area contributed by atoms with E-state index in [2.05, 4.69) is 10.6 Å². The van der Waals surface area contributed by atoms with E-state index in [1.54, 1.807) is 0 Å². The van der Waals surface area contributed by atoms with Gasteiger partial charge in [-0.1, -0.05) is 11.6 Å². The predicted octanol–water partition coefficient (Wildman–Crippen LogP) is 1.73. The molecule has 0 unspecified atom stereocenters. The highest BCUT2D eigenvalue weighted by molar-refractivity contribution is 6.31. The third-order valence-corrected chi connectivity index (χ3v) is 3.27. The maximum Gasteiger partial charge on any atom is 0.283 e. The molecule has 1 atom stereocenters. The summed E-state index contributed by atoms with van der Waals surface area (Å²) in [4.78, 5) is 22.4. The van der Waals surface area contributed by atoms with Gasteiger partial charge in [0.25, 0.3) is 11.6 Å². The predicted molar refractivity (Wildman–Crippen MR) is 71.5 cm³/mol. The Morgan fingerprint density at radius 2 is 2.32 bits per heavy atom. The Morgan fingerprint density at radius 3 is 2.95 bits per heavy atom. The van der Waals surface area contributed by atoms with Crippen LogP contribution in [0.1, 0.15) is 23.2 Å². The van der Waals surface area contributed by atoms with Crippen LogP contribution in [0.5, 0.6) is 0 Å². The Balaban J connectivity index is 2.16. The molecule has 102 valence electrons. The molecule has 1 aromatic carbocycles. The number of rotatable bonds is 3. The molecule has 2 rings (SSSR count). The highest BCUT2D eigenvalue weighted by Gasteiger charge is 2.23. The lowest BCUT2D eigenvalue weighted by molar-refractivity contribution is -0.385. The number of amides is 1. The molecule has 6 nitrogen and oxygen atoms in total. The number of carbonyl (C=O) groups is 1. The number of hydrogen-bond acceptors (Lipinski definition) is 4. The summed E-state index contributed by atoms with van der Waals surface area (Å²) in [6.07, 6.45) is 1.85. The van der Waals surface area contributed by atoms with Gasteiger partial charge in [0, 0.05) is 23.7 Å². The van der Waals surface area contributed by atoms with Crippen LogP contribution in [0, 0.1) is 10.1 Å². The smallest absolute Gasteiger partial charge is 0.283 e. The topological polar surface area (TPSA) is 84.3 Å². The molecule has 0 saturated carbocycles. The number of carbonyl (C=O) groups excluding carboxylic acids is 1. The van der Waals surface area contributed by atoms with E-state index in [9.17, 15) is 14.9 Å². The first-order valence-corrected chi connectivity index (χ1v) is 6.41. The van der Waals surface area contributed by atoms with Crippen molar-refractivity contribution >= 4 is 23.2 Å². The van der Waals surface area contributed by atoms with Crippen LogP contribution >= 0.6 is 11.6 Å². The lowest BCUT2D eigenvalue weighted by Gasteiger charge is -2.23. The van der Waals surface area contributed by atoms with Crippen LogP contribution in [-0.2, 0) is 0 Å². The standard InChI is InChI=1S/C12H14ClN3O3/c13-8-3-4-10(11(6-8)16(18)19)12(17)15-9-2-1-5-14-7-9/h3-4,6,9,14H,1-2,5,7H2,(H,15,17)/t9-/m1/s1. The molecule has 0 bridgehead atoms. The molecule has 0 spiro atoms. The van der Waals surface area contributed by atoms with E-state index in [-0.39, 0.29) is 22.3 Å². The van der Waals surface area contributed by atoms with Gasteiger partial charge < -0.3 is 10.6 Å². The molecule has 1 aliphatic rings. The first-order valence-electron chi connectivity index (χ1n) is 6.03. The van der Waals surface area contributed by atoms with Gasteiger partial charge in [0.2, 0.25) is 0 Å². The Kier molecular flexibility index (Phi) is 4.34. The van der Waals surface area contributed by atoms with Gasteiger partial charge in [-0.15, -0.1) is 0 Å². The summed E-state index contributed by atoms with van der Waals surface area (Å²) in [6, 6.07) is 4.06. The van der Waals surface area contributed by atoms with Crippen molar-refractivity contribution in [3.63, 3.8) is 0 Å². The number of halogens is 1. The Hall–Kier alpha value is -1.66. The quantitative estimate of drug-likeness (QED) is 0.653. The zero-order valence-electron chi connectivity index (χ0n) is 10.2. The third kappa shape index (κ3) is 3.42. The first kappa shape index (κ1) is 13.8. The van der Waals surface area contributed by atoms with E-state index in [4.69, 9.17) is 11.6 Å². The van der Waals surface area contributed by atoms with Gasteiger partial charge in [0.1, 0.15) is 5.56 Å². The van der Waals surface area contributed by atoms with Crippen LogP contribution in [0.15, 0.2) is 18.2 Å². The third-order valence-electron chi connectivity index (χ3n) is 3.03. The van der Waals surface area contributed by atoms with Crippen molar-refractivity contribution in [2.75, 3.05) is 13.1 Å². The van der Waals surface area contributed by atoms with Crippen molar-refractivity contribution in [2.24, 2.45) is 0 Å². The van der Waals surface area contributed by atoms with Crippen LogP contribution in [0.3, 0.4) is 0 Å². The highest BCUT2D eigenvalue weighted by atomic mass is 35.5. The van der Waals surface area contributed by atoms with Gasteiger partial charge in [-0.05, 0) is 31.5 Å². The van der Waals surface area contributed by atoms with Crippen LogP contribution in [-0.4, -0.2) is 30.0 Å². The molecular weight excluding hydrogens is 270 g/mol. The van der Waals surface area contributed by atoms with Crippen molar-refractivity contribution in [3.8, 4) is 0 Å².